The van der Waals surface area contributed by atoms with Gasteiger partial charge in [0.1, 0.15) is 17.9 Å². The number of carbonyl (C=O) groups is 1. The minimum Gasteiger partial charge on any atom is -0.508 e. The zero-order chi connectivity index (χ0) is 13.0. The van der Waals surface area contributed by atoms with Gasteiger partial charge in [0.25, 0.3) is 0 Å². The number of benzene rings is 1. The largest absolute Gasteiger partial charge is 0.508 e. The van der Waals surface area contributed by atoms with E-state index in [-0.39, 0.29) is 11.4 Å². The normalized spacial score (nSPS) is 9.83. The summed E-state index contributed by atoms with van der Waals surface area (Å²) in [5.74, 6) is 0.126. The zero-order valence-electron chi connectivity index (χ0n) is 9.62. The fourth-order valence-electron chi connectivity index (χ4n) is 1.33. The van der Waals surface area contributed by atoms with Crippen molar-refractivity contribution in [1.82, 2.24) is 9.97 Å². The first-order valence-corrected chi connectivity index (χ1v) is 5.15. The number of esters is 1. The van der Waals surface area contributed by atoms with E-state index in [0.717, 1.165) is 5.69 Å². The Kier molecular flexibility index (Phi) is 3.38. The lowest BCUT2D eigenvalue weighted by molar-refractivity contribution is 0.0594. The lowest BCUT2D eigenvalue weighted by Gasteiger charge is -2.06. The minimum atomic E-state index is -0.522. The molecule has 0 aliphatic rings. The summed E-state index contributed by atoms with van der Waals surface area (Å²) in [6, 6.07) is 7.96. The molecule has 1 aromatic carbocycles. The number of hydrogen-bond acceptors (Lipinski definition) is 6. The third-order valence-corrected chi connectivity index (χ3v) is 2.20. The molecule has 0 unspecified atom stereocenters. The number of methoxy groups -OCH3 is 1. The topological polar surface area (TPSA) is 84.3 Å². The second-order valence-corrected chi connectivity index (χ2v) is 3.45. The maximum Gasteiger partial charge on any atom is 0.356 e. The Labute approximate surface area is 103 Å². The molecule has 0 aliphatic heterocycles. The van der Waals surface area contributed by atoms with Crippen LogP contribution in [0.5, 0.6) is 5.75 Å². The highest BCUT2D eigenvalue weighted by Crippen LogP contribution is 2.17. The average Bonchev–Trinajstić information content (AvgIpc) is 2.41. The molecule has 1 heterocycles. The van der Waals surface area contributed by atoms with E-state index in [4.69, 9.17) is 5.11 Å². The number of phenolic OH excluding ortho intramolecular Hbond substituents is 1. The number of ether oxygens (including phenoxy) is 1. The average molecular weight is 245 g/mol. The summed E-state index contributed by atoms with van der Waals surface area (Å²) in [6.07, 6.45) is 1.27. The number of hydrogen-bond donors (Lipinski definition) is 2. The van der Waals surface area contributed by atoms with Crippen molar-refractivity contribution in [1.29, 1.82) is 0 Å². The summed E-state index contributed by atoms with van der Waals surface area (Å²) >= 11 is 0. The van der Waals surface area contributed by atoms with Gasteiger partial charge in [0.05, 0.1) is 7.11 Å². The first kappa shape index (κ1) is 11.8. The van der Waals surface area contributed by atoms with Crippen molar-refractivity contribution < 1.29 is 14.6 Å². The zero-order valence-corrected chi connectivity index (χ0v) is 9.62. The second kappa shape index (κ2) is 5.13. The van der Waals surface area contributed by atoms with E-state index in [1.165, 1.54) is 19.5 Å². The van der Waals surface area contributed by atoms with Crippen LogP contribution in [0.1, 0.15) is 10.5 Å². The summed E-state index contributed by atoms with van der Waals surface area (Å²) < 4.78 is 4.57. The van der Waals surface area contributed by atoms with E-state index in [0.29, 0.717) is 5.82 Å². The molecule has 92 valence electrons. The van der Waals surface area contributed by atoms with Crippen molar-refractivity contribution in [2.45, 2.75) is 0 Å². The maximum absolute atomic E-state index is 11.3. The Balaban J connectivity index is 2.19. The van der Waals surface area contributed by atoms with Crippen LogP contribution in [-0.4, -0.2) is 28.2 Å². The van der Waals surface area contributed by atoms with Crippen LogP contribution in [0.2, 0.25) is 0 Å². The number of aromatic hydroxyl groups is 1. The number of nitrogens with zero attached hydrogens (tertiary/aromatic N) is 2. The monoisotopic (exact) mass is 245 g/mol. The van der Waals surface area contributed by atoms with E-state index in [9.17, 15) is 4.79 Å². The highest BCUT2D eigenvalue weighted by molar-refractivity contribution is 5.88. The van der Waals surface area contributed by atoms with Gasteiger partial charge in [-0.1, -0.05) is 0 Å². The molecular formula is C12H11N3O3. The van der Waals surface area contributed by atoms with Crippen LogP contribution in [0.4, 0.5) is 11.5 Å². The Hall–Kier alpha value is -2.63. The number of phenols is 1. The fraction of sp³-hybridized carbons (Fsp3) is 0.0833. The summed E-state index contributed by atoms with van der Waals surface area (Å²) in [5.41, 5.74) is 0.913. The molecule has 2 aromatic rings. The SMILES string of the molecule is COC(=O)c1cc(Nc2ccc(O)cc2)ncn1. The lowest BCUT2D eigenvalue weighted by Crippen LogP contribution is -2.05. The van der Waals surface area contributed by atoms with E-state index < -0.39 is 5.97 Å². The molecule has 18 heavy (non-hydrogen) atoms. The summed E-state index contributed by atoms with van der Waals surface area (Å²) in [6.45, 7) is 0. The van der Waals surface area contributed by atoms with Crippen molar-refractivity contribution in [2.24, 2.45) is 0 Å². The highest BCUT2D eigenvalue weighted by Gasteiger charge is 2.08. The first-order chi connectivity index (χ1) is 8.69. The second-order valence-electron chi connectivity index (χ2n) is 3.45. The number of carbonyl (C=O) groups excluding carboxylic acids is 1. The smallest absolute Gasteiger partial charge is 0.356 e. The van der Waals surface area contributed by atoms with E-state index in [1.807, 2.05) is 0 Å². The van der Waals surface area contributed by atoms with Gasteiger partial charge in [0.15, 0.2) is 5.69 Å². The summed E-state index contributed by atoms with van der Waals surface area (Å²) in [5, 5.41) is 12.1. The van der Waals surface area contributed by atoms with Crippen molar-refractivity contribution in [2.75, 3.05) is 12.4 Å². The van der Waals surface area contributed by atoms with E-state index in [1.54, 1.807) is 24.3 Å². The predicted octanol–water partition coefficient (Wildman–Crippen LogP) is 1.71. The molecule has 2 rings (SSSR count). The van der Waals surface area contributed by atoms with Crippen LogP contribution >= 0.6 is 0 Å². The van der Waals surface area contributed by atoms with Crippen molar-refractivity contribution >= 4 is 17.5 Å². The molecule has 2 N–H and O–H groups in total. The Morgan fingerprint density at radius 1 is 1.28 bits per heavy atom. The Morgan fingerprint density at radius 2 is 2.00 bits per heavy atom. The Morgan fingerprint density at radius 3 is 2.67 bits per heavy atom. The van der Waals surface area contributed by atoms with Gasteiger partial charge in [-0.3, -0.25) is 0 Å². The molecule has 6 heteroatoms. The molecule has 0 bridgehead atoms. The molecule has 6 nitrogen and oxygen atoms in total. The van der Waals surface area contributed by atoms with Crippen molar-refractivity contribution in [3.05, 3.63) is 42.4 Å². The maximum atomic E-state index is 11.3. The van der Waals surface area contributed by atoms with Gasteiger partial charge >= 0.3 is 5.97 Å². The molecule has 0 saturated carbocycles. The summed E-state index contributed by atoms with van der Waals surface area (Å²) in [4.78, 5) is 19.1. The lowest BCUT2D eigenvalue weighted by atomic mass is 10.3. The molecule has 0 aliphatic carbocycles. The summed E-state index contributed by atoms with van der Waals surface area (Å²) in [7, 11) is 1.29. The first-order valence-electron chi connectivity index (χ1n) is 5.15. The molecule has 0 atom stereocenters. The fourth-order valence-corrected chi connectivity index (χ4v) is 1.33. The standard InChI is InChI=1S/C12H11N3O3/c1-18-12(17)10-6-11(14-7-13-10)15-8-2-4-9(16)5-3-8/h2-7,16H,1H3,(H,13,14,15). The van der Waals surface area contributed by atoms with Crippen molar-refractivity contribution in [3.8, 4) is 5.75 Å². The molecule has 0 spiro atoms. The number of nitrogens with one attached hydrogen (secondary N) is 1. The molecular weight excluding hydrogens is 234 g/mol. The van der Waals surface area contributed by atoms with Gasteiger partial charge in [-0.15, -0.1) is 0 Å². The number of anilines is 2. The van der Waals surface area contributed by atoms with Gasteiger partial charge in [0, 0.05) is 11.8 Å². The van der Waals surface area contributed by atoms with Crippen molar-refractivity contribution in [3.63, 3.8) is 0 Å². The predicted molar refractivity (Wildman–Crippen MR) is 64.8 cm³/mol. The molecule has 1 aromatic heterocycles. The van der Waals surface area contributed by atoms with Crippen LogP contribution in [0.3, 0.4) is 0 Å². The van der Waals surface area contributed by atoms with Crippen LogP contribution in [-0.2, 0) is 4.74 Å². The minimum absolute atomic E-state index is 0.175. The van der Waals surface area contributed by atoms with Crippen LogP contribution in [0, 0.1) is 0 Å². The molecule has 0 amide bonds. The Bertz CT molecular complexity index is 555. The van der Waals surface area contributed by atoms with E-state index in [2.05, 4.69) is 20.0 Å². The number of aromatic nitrogens is 2. The number of rotatable bonds is 3. The van der Waals surface area contributed by atoms with Crippen LogP contribution in [0.25, 0.3) is 0 Å². The van der Waals surface area contributed by atoms with Crippen LogP contribution < -0.4 is 5.32 Å². The third-order valence-electron chi connectivity index (χ3n) is 2.20. The molecule has 0 saturated heterocycles. The highest BCUT2D eigenvalue weighted by atomic mass is 16.5. The third kappa shape index (κ3) is 2.73. The molecule has 0 fully saturated rings. The molecule has 0 radical (unpaired) electrons. The quantitative estimate of drug-likeness (QED) is 0.632. The van der Waals surface area contributed by atoms with Gasteiger partial charge < -0.3 is 15.2 Å². The van der Waals surface area contributed by atoms with Crippen LogP contribution in [0.15, 0.2) is 36.7 Å². The van der Waals surface area contributed by atoms with Gasteiger partial charge in [-0.2, -0.15) is 0 Å². The van der Waals surface area contributed by atoms with E-state index >= 15 is 0 Å². The van der Waals surface area contributed by atoms with Gasteiger partial charge in [-0.05, 0) is 24.3 Å². The van der Waals surface area contributed by atoms with Gasteiger partial charge in [-0.25, -0.2) is 14.8 Å². The van der Waals surface area contributed by atoms with Gasteiger partial charge in [0.2, 0.25) is 0 Å².